The number of benzene rings is 1. The predicted molar refractivity (Wildman–Crippen MR) is 71.7 cm³/mol. The fraction of sp³-hybridized carbons (Fsp3) is 0. The third-order valence-corrected chi connectivity index (χ3v) is 3.36. The van der Waals surface area contributed by atoms with Gasteiger partial charge >= 0.3 is 0 Å². The van der Waals surface area contributed by atoms with Crippen molar-refractivity contribution < 1.29 is 9.13 Å². The molecule has 0 spiro atoms. The van der Waals surface area contributed by atoms with Crippen LogP contribution in [0.3, 0.4) is 0 Å². The molecular weight excluding hydrogens is 371 g/mol. The maximum atomic E-state index is 13.3. The van der Waals surface area contributed by atoms with Crippen LogP contribution in [0.15, 0.2) is 33.5 Å². The van der Waals surface area contributed by atoms with Crippen LogP contribution in [0.2, 0.25) is 0 Å². The summed E-state index contributed by atoms with van der Waals surface area (Å²) in [4.78, 5) is 7.80. The summed E-state index contributed by atoms with van der Waals surface area (Å²) in [5.41, 5.74) is 2.38. The Hall–Kier alpha value is -1.25. The van der Waals surface area contributed by atoms with E-state index in [-0.39, 0.29) is 5.88 Å². The lowest BCUT2D eigenvalue weighted by Crippen LogP contribution is -2.09. The SMILES string of the molecule is NNc1ncnc(Oc2ccc(Br)c(F)c2)c1Br. The van der Waals surface area contributed by atoms with Crippen LogP contribution in [0.5, 0.6) is 11.6 Å². The second-order valence-corrected chi connectivity index (χ2v) is 4.81. The van der Waals surface area contributed by atoms with Gasteiger partial charge in [0.15, 0.2) is 5.82 Å². The zero-order valence-electron chi connectivity index (χ0n) is 8.82. The lowest BCUT2D eigenvalue weighted by molar-refractivity contribution is 0.453. The lowest BCUT2D eigenvalue weighted by atomic mass is 10.3. The number of hydrogen-bond donors (Lipinski definition) is 2. The molecule has 3 N–H and O–H groups in total. The Balaban J connectivity index is 2.31. The van der Waals surface area contributed by atoms with E-state index >= 15 is 0 Å². The van der Waals surface area contributed by atoms with Crippen LogP contribution in [-0.2, 0) is 0 Å². The molecule has 1 heterocycles. The van der Waals surface area contributed by atoms with E-state index < -0.39 is 5.82 Å². The third-order valence-electron chi connectivity index (χ3n) is 2.00. The maximum absolute atomic E-state index is 13.3. The van der Waals surface area contributed by atoms with E-state index in [1.54, 1.807) is 12.1 Å². The largest absolute Gasteiger partial charge is 0.438 e. The maximum Gasteiger partial charge on any atom is 0.238 e. The van der Waals surface area contributed by atoms with Crippen molar-refractivity contribution in [3.05, 3.63) is 39.3 Å². The van der Waals surface area contributed by atoms with Crippen LogP contribution in [0.4, 0.5) is 10.2 Å². The summed E-state index contributed by atoms with van der Waals surface area (Å²) in [5.74, 6) is 5.77. The Morgan fingerprint density at radius 1 is 1.28 bits per heavy atom. The Kier molecular flexibility index (Phi) is 4.10. The number of hydrazine groups is 1. The molecule has 5 nitrogen and oxygen atoms in total. The molecule has 0 radical (unpaired) electrons. The highest BCUT2D eigenvalue weighted by Crippen LogP contribution is 2.32. The first-order chi connectivity index (χ1) is 8.61. The zero-order chi connectivity index (χ0) is 13.1. The normalized spacial score (nSPS) is 10.2. The molecule has 0 fully saturated rings. The van der Waals surface area contributed by atoms with Gasteiger partial charge in [-0.05, 0) is 44.0 Å². The highest BCUT2D eigenvalue weighted by atomic mass is 79.9. The Labute approximate surface area is 119 Å². The van der Waals surface area contributed by atoms with Gasteiger partial charge in [-0.15, -0.1) is 0 Å². The minimum Gasteiger partial charge on any atom is -0.438 e. The van der Waals surface area contributed by atoms with Gasteiger partial charge in [0.25, 0.3) is 0 Å². The summed E-state index contributed by atoms with van der Waals surface area (Å²) in [6.07, 6.45) is 1.28. The van der Waals surface area contributed by atoms with Gasteiger partial charge in [0.05, 0.1) is 4.47 Å². The minimum atomic E-state index is -0.421. The molecule has 0 atom stereocenters. The van der Waals surface area contributed by atoms with Gasteiger partial charge in [-0.2, -0.15) is 0 Å². The smallest absolute Gasteiger partial charge is 0.238 e. The fourth-order valence-corrected chi connectivity index (χ4v) is 1.82. The molecule has 0 saturated heterocycles. The first-order valence-electron chi connectivity index (χ1n) is 4.72. The monoisotopic (exact) mass is 376 g/mol. The molecule has 0 bridgehead atoms. The van der Waals surface area contributed by atoms with Gasteiger partial charge in [0.2, 0.25) is 5.88 Å². The number of anilines is 1. The van der Waals surface area contributed by atoms with E-state index in [2.05, 4.69) is 47.3 Å². The molecule has 0 unspecified atom stereocenters. The van der Waals surface area contributed by atoms with Crippen LogP contribution in [0, 0.1) is 5.82 Å². The van der Waals surface area contributed by atoms with E-state index in [4.69, 9.17) is 10.6 Å². The summed E-state index contributed by atoms with van der Waals surface area (Å²) in [6.45, 7) is 0. The summed E-state index contributed by atoms with van der Waals surface area (Å²) < 4.78 is 19.6. The first-order valence-corrected chi connectivity index (χ1v) is 6.30. The summed E-state index contributed by atoms with van der Waals surface area (Å²) in [5, 5.41) is 0. The molecule has 1 aromatic heterocycles. The Bertz CT molecular complexity index is 582. The number of nitrogens with zero attached hydrogens (tertiary/aromatic N) is 2. The zero-order valence-corrected chi connectivity index (χ0v) is 12.0. The molecule has 0 saturated carbocycles. The van der Waals surface area contributed by atoms with E-state index in [0.29, 0.717) is 20.5 Å². The van der Waals surface area contributed by atoms with Gasteiger partial charge in [0, 0.05) is 6.07 Å². The number of nitrogen functional groups attached to an aromatic ring is 1. The van der Waals surface area contributed by atoms with Crippen molar-refractivity contribution in [2.75, 3.05) is 5.43 Å². The lowest BCUT2D eigenvalue weighted by Gasteiger charge is -2.09. The number of aromatic nitrogens is 2. The molecule has 2 rings (SSSR count). The van der Waals surface area contributed by atoms with E-state index in [1.165, 1.54) is 12.4 Å². The van der Waals surface area contributed by atoms with E-state index in [0.717, 1.165) is 0 Å². The average molecular weight is 378 g/mol. The van der Waals surface area contributed by atoms with Crippen molar-refractivity contribution in [3.63, 3.8) is 0 Å². The van der Waals surface area contributed by atoms with E-state index in [1.807, 2.05) is 0 Å². The van der Waals surface area contributed by atoms with Crippen LogP contribution >= 0.6 is 31.9 Å². The van der Waals surface area contributed by atoms with Gasteiger partial charge < -0.3 is 10.2 Å². The number of rotatable bonds is 3. The number of nitrogens with two attached hydrogens (primary N) is 1. The predicted octanol–water partition coefficient (Wildman–Crippen LogP) is 3.22. The van der Waals surface area contributed by atoms with E-state index in [9.17, 15) is 4.39 Å². The second-order valence-electron chi connectivity index (χ2n) is 3.16. The topological polar surface area (TPSA) is 73.1 Å². The van der Waals surface area contributed by atoms with Crippen molar-refractivity contribution in [1.82, 2.24) is 9.97 Å². The summed E-state index contributed by atoms with van der Waals surface area (Å²) in [7, 11) is 0. The van der Waals surface area contributed by atoms with Crippen LogP contribution in [0.1, 0.15) is 0 Å². The highest BCUT2D eigenvalue weighted by Gasteiger charge is 2.11. The average Bonchev–Trinajstić information content (AvgIpc) is 2.36. The number of hydrogen-bond acceptors (Lipinski definition) is 5. The molecule has 8 heteroatoms. The second kappa shape index (κ2) is 5.59. The molecule has 2 aromatic rings. The quantitative estimate of drug-likeness (QED) is 0.634. The first kappa shape index (κ1) is 13.2. The third kappa shape index (κ3) is 2.77. The van der Waals surface area contributed by atoms with Crippen molar-refractivity contribution in [3.8, 4) is 11.6 Å². The van der Waals surface area contributed by atoms with Crippen LogP contribution < -0.4 is 16.0 Å². The fourth-order valence-electron chi connectivity index (χ4n) is 1.18. The number of nitrogens with one attached hydrogen (secondary N) is 1. The number of ether oxygens (including phenoxy) is 1. The minimum absolute atomic E-state index is 0.236. The molecule has 0 aliphatic carbocycles. The van der Waals surface area contributed by atoms with Crippen molar-refractivity contribution in [1.29, 1.82) is 0 Å². The van der Waals surface area contributed by atoms with Crippen molar-refractivity contribution in [2.24, 2.45) is 5.84 Å². The Morgan fingerprint density at radius 3 is 2.72 bits per heavy atom. The molecule has 18 heavy (non-hydrogen) atoms. The molecule has 0 aliphatic heterocycles. The van der Waals surface area contributed by atoms with Crippen LogP contribution in [-0.4, -0.2) is 9.97 Å². The molecule has 94 valence electrons. The van der Waals surface area contributed by atoms with Gasteiger partial charge in [0.1, 0.15) is 22.4 Å². The van der Waals surface area contributed by atoms with Crippen molar-refractivity contribution in [2.45, 2.75) is 0 Å². The molecular formula is C10H7Br2FN4O. The summed E-state index contributed by atoms with van der Waals surface area (Å²) in [6, 6.07) is 4.40. The van der Waals surface area contributed by atoms with Crippen LogP contribution in [0.25, 0.3) is 0 Å². The van der Waals surface area contributed by atoms with Crippen molar-refractivity contribution >= 4 is 37.7 Å². The van der Waals surface area contributed by atoms with Gasteiger partial charge in [-0.1, -0.05) is 0 Å². The Morgan fingerprint density at radius 2 is 2.06 bits per heavy atom. The standard InChI is InChI=1S/C10H7Br2FN4O/c11-6-2-1-5(3-7(6)13)18-10-8(12)9(17-14)15-4-16-10/h1-4H,14H2,(H,15,16,17). The van der Waals surface area contributed by atoms with Gasteiger partial charge in [-0.3, -0.25) is 0 Å². The molecule has 1 aromatic carbocycles. The molecule has 0 amide bonds. The molecule has 0 aliphatic rings. The number of halogens is 3. The summed E-state index contributed by atoms with van der Waals surface area (Å²) >= 11 is 6.30. The van der Waals surface area contributed by atoms with Gasteiger partial charge in [-0.25, -0.2) is 20.2 Å². The highest BCUT2D eigenvalue weighted by molar-refractivity contribution is 9.11.